The van der Waals surface area contributed by atoms with Crippen molar-refractivity contribution >= 4 is 6.09 Å². The summed E-state index contributed by atoms with van der Waals surface area (Å²) in [6.45, 7) is 3.77. The van der Waals surface area contributed by atoms with Gasteiger partial charge in [0, 0.05) is 17.3 Å². The van der Waals surface area contributed by atoms with Crippen LogP contribution in [0.25, 0.3) is 0 Å². The van der Waals surface area contributed by atoms with Crippen LogP contribution in [0, 0.1) is 0 Å². The predicted octanol–water partition coefficient (Wildman–Crippen LogP) is 1.95. The lowest BCUT2D eigenvalue weighted by Gasteiger charge is -2.29. The molecule has 0 aliphatic heterocycles. The number of aromatic nitrogens is 2. The van der Waals surface area contributed by atoms with Crippen LogP contribution in [0.3, 0.4) is 0 Å². The van der Waals surface area contributed by atoms with Crippen molar-refractivity contribution in [2.24, 2.45) is 5.73 Å². The predicted molar refractivity (Wildman–Crippen MR) is 76.7 cm³/mol. The fraction of sp³-hybridized carbons (Fsp3) is 0.267. The average Bonchev–Trinajstić information content (AvgIpc) is 2.47. The molecule has 2 heterocycles. The third-order valence-electron chi connectivity index (χ3n) is 3.27. The molecule has 0 fully saturated rings. The third kappa shape index (κ3) is 3.35. The topological polar surface area (TPSA) is 98.3 Å². The van der Waals surface area contributed by atoms with Crippen molar-refractivity contribution in [1.82, 2.24) is 9.97 Å². The SMILES string of the molecule is CC(C)(c1ccccn1)C(O)c1ccc(OC(N)=O)cn1. The number of nitrogens with zero attached hydrogens (tertiary/aromatic N) is 2. The van der Waals surface area contributed by atoms with Crippen molar-refractivity contribution in [1.29, 1.82) is 0 Å². The quantitative estimate of drug-likeness (QED) is 0.895. The van der Waals surface area contributed by atoms with Gasteiger partial charge in [0.1, 0.15) is 6.10 Å². The minimum atomic E-state index is -0.904. The first kappa shape index (κ1) is 14.9. The molecule has 1 atom stereocenters. The summed E-state index contributed by atoms with van der Waals surface area (Å²) in [5, 5.41) is 10.5. The number of amides is 1. The number of primary amides is 1. The lowest BCUT2D eigenvalue weighted by Crippen LogP contribution is -2.28. The molecule has 0 aliphatic carbocycles. The first-order valence-corrected chi connectivity index (χ1v) is 6.44. The average molecular weight is 287 g/mol. The van der Waals surface area contributed by atoms with Gasteiger partial charge < -0.3 is 15.6 Å². The number of nitrogens with two attached hydrogens (primary N) is 1. The minimum Gasteiger partial charge on any atom is -0.409 e. The van der Waals surface area contributed by atoms with Gasteiger partial charge in [0.2, 0.25) is 0 Å². The molecule has 3 N–H and O–H groups in total. The zero-order valence-electron chi connectivity index (χ0n) is 11.9. The Balaban J connectivity index is 2.23. The van der Waals surface area contributed by atoms with E-state index in [1.807, 2.05) is 32.0 Å². The fourth-order valence-corrected chi connectivity index (χ4v) is 1.98. The second kappa shape index (κ2) is 5.88. The summed E-state index contributed by atoms with van der Waals surface area (Å²) in [5.74, 6) is 0.231. The van der Waals surface area contributed by atoms with Crippen LogP contribution in [0.1, 0.15) is 31.3 Å². The van der Waals surface area contributed by atoms with Crippen LogP contribution in [0.5, 0.6) is 5.75 Å². The molecule has 0 saturated carbocycles. The second-order valence-electron chi connectivity index (χ2n) is 5.18. The van der Waals surface area contributed by atoms with Gasteiger partial charge in [-0.2, -0.15) is 0 Å². The molecule has 21 heavy (non-hydrogen) atoms. The maximum atomic E-state index is 10.6. The van der Waals surface area contributed by atoms with Crippen molar-refractivity contribution in [3.05, 3.63) is 54.1 Å². The minimum absolute atomic E-state index is 0.231. The highest BCUT2D eigenvalue weighted by molar-refractivity contribution is 5.67. The highest BCUT2D eigenvalue weighted by Crippen LogP contribution is 2.35. The van der Waals surface area contributed by atoms with E-state index in [0.717, 1.165) is 5.69 Å². The van der Waals surface area contributed by atoms with Crippen LogP contribution in [-0.2, 0) is 5.41 Å². The normalized spacial score (nSPS) is 12.7. The maximum Gasteiger partial charge on any atom is 0.410 e. The Kier molecular flexibility index (Phi) is 4.18. The summed E-state index contributed by atoms with van der Waals surface area (Å²) < 4.78 is 4.70. The number of rotatable bonds is 4. The summed E-state index contributed by atoms with van der Waals surface area (Å²) >= 11 is 0. The van der Waals surface area contributed by atoms with E-state index in [0.29, 0.717) is 5.69 Å². The molecule has 0 aliphatic rings. The molecular weight excluding hydrogens is 270 g/mol. The van der Waals surface area contributed by atoms with Gasteiger partial charge in [-0.1, -0.05) is 19.9 Å². The first-order chi connectivity index (χ1) is 9.91. The van der Waals surface area contributed by atoms with E-state index in [1.165, 1.54) is 12.3 Å². The van der Waals surface area contributed by atoms with E-state index in [1.54, 1.807) is 12.3 Å². The maximum absolute atomic E-state index is 10.6. The number of aliphatic hydroxyl groups excluding tert-OH is 1. The molecule has 6 heteroatoms. The Hall–Kier alpha value is -2.47. The monoisotopic (exact) mass is 287 g/mol. The van der Waals surface area contributed by atoms with Crippen molar-refractivity contribution in [3.8, 4) is 5.75 Å². The molecule has 6 nitrogen and oxygen atoms in total. The summed E-state index contributed by atoms with van der Waals surface area (Å²) in [5.41, 5.74) is 5.53. The molecule has 2 rings (SSSR count). The number of hydrogen-bond donors (Lipinski definition) is 2. The molecule has 1 amide bonds. The summed E-state index contributed by atoms with van der Waals surface area (Å²) in [7, 11) is 0. The molecule has 0 bridgehead atoms. The zero-order chi connectivity index (χ0) is 15.5. The number of hydrogen-bond acceptors (Lipinski definition) is 5. The second-order valence-corrected chi connectivity index (χ2v) is 5.18. The van der Waals surface area contributed by atoms with Gasteiger partial charge >= 0.3 is 6.09 Å². The van der Waals surface area contributed by atoms with Crippen molar-refractivity contribution < 1.29 is 14.6 Å². The molecular formula is C15H17N3O3. The number of carbonyl (C=O) groups is 1. The Labute approximate surface area is 122 Å². The molecule has 1 unspecified atom stereocenters. The highest BCUT2D eigenvalue weighted by Gasteiger charge is 2.33. The van der Waals surface area contributed by atoms with Crippen LogP contribution in [0.15, 0.2) is 42.7 Å². The fourth-order valence-electron chi connectivity index (χ4n) is 1.98. The first-order valence-electron chi connectivity index (χ1n) is 6.44. The summed E-state index contributed by atoms with van der Waals surface area (Å²) in [4.78, 5) is 19.0. The lowest BCUT2D eigenvalue weighted by atomic mass is 9.81. The van der Waals surface area contributed by atoms with Crippen molar-refractivity contribution in [3.63, 3.8) is 0 Å². The molecule has 2 aromatic heterocycles. The molecule has 0 aromatic carbocycles. The van der Waals surface area contributed by atoms with Crippen molar-refractivity contribution in [2.45, 2.75) is 25.4 Å². The van der Waals surface area contributed by atoms with E-state index >= 15 is 0 Å². The molecule has 0 radical (unpaired) electrons. The van der Waals surface area contributed by atoms with E-state index in [-0.39, 0.29) is 5.75 Å². The van der Waals surface area contributed by atoms with E-state index < -0.39 is 17.6 Å². The Bertz CT molecular complexity index is 612. The number of carbonyl (C=O) groups excluding carboxylic acids is 1. The third-order valence-corrected chi connectivity index (χ3v) is 3.27. The summed E-state index contributed by atoms with van der Waals surface area (Å²) in [6.07, 6.45) is 1.27. The van der Waals surface area contributed by atoms with E-state index in [9.17, 15) is 9.90 Å². The van der Waals surface area contributed by atoms with Crippen LogP contribution in [0.2, 0.25) is 0 Å². The molecule has 110 valence electrons. The Morgan fingerprint density at radius 2 is 2.05 bits per heavy atom. The number of pyridine rings is 2. The number of ether oxygens (including phenoxy) is 1. The standard InChI is InChI=1S/C15H17N3O3/c1-15(2,12-5-3-4-8-17-12)13(19)11-7-6-10(9-18-11)21-14(16)20/h3-9,13,19H,1-2H3,(H2,16,20). The van der Waals surface area contributed by atoms with Gasteiger partial charge in [-0.15, -0.1) is 0 Å². The van der Waals surface area contributed by atoms with Gasteiger partial charge in [-0.05, 0) is 24.3 Å². The number of aliphatic hydroxyl groups is 1. The van der Waals surface area contributed by atoms with Crippen LogP contribution in [0.4, 0.5) is 4.79 Å². The van der Waals surface area contributed by atoms with Gasteiger partial charge in [0.15, 0.2) is 5.75 Å². The van der Waals surface area contributed by atoms with E-state index in [4.69, 9.17) is 10.5 Å². The zero-order valence-corrected chi connectivity index (χ0v) is 11.9. The highest BCUT2D eigenvalue weighted by atomic mass is 16.5. The van der Waals surface area contributed by atoms with Crippen LogP contribution < -0.4 is 10.5 Å². The smallest absolute Gasteiger partial charge is 0.409 e. The molecule has 2 aromatic rings. The largest absolute Gasteiger partial charge is 0.410 e. The summed E-state index contributed by atoms with van der Waals surface area (Å²) in [6, 6.07) is 8.67. The van der Waals surface area contributed by atoms with Gasteiger partial charge in [0.05, 0.1) is 11.9 Å². The Morgan fingerprint density at radius 3 is 2.57 bits per heavy atom. The molecule has 0 spiro atoms. The van der Waals surface area contributed by atoms with Gasteiger partial charge in [-0.3, -0.25) is 9.97 Å². The van der Waals surface area contributed by atoms with Crippen LogP contribution in [-0.4, -0.2) is 21.2 Å². The Morgan fingerprint density at radius 1 is 1.29 bits per heavy atom. The van der Waals surface area contributed by atoms with Crippen LogP contribution >= 0.6 is 0 Å². The van der Waals surface area contributed by atoms with Gasteiger partial charge in [0.25, 0.3) is 0 Å². The molecule has 0 saturated heterocycles. The lowest BCUT2D eigenvalue weighted by molar-refractivity contribution is 0.0937. The van der Waals surface area contributed by atoms with Crippen molar-refractivity contribution in [2.75, 3.05) is 0 Å². The van der Waals surface area contributed by atoms with E-state index in [2.05, 4.69) is 9.97 Å². The van der Waals surface area contributed by atoms with Gasteiger partial charge in [-0.25, -0.2) is 4.79 Å².